The van der Waals surface area contributed by atoms with E-state index in [0.29, 0.717) is 17.4 Å². The number of benzene rings is 2. The smallest absolute Gasteiger partial charge is 0.166 e. The Labute approximate surface area is 106 Å². The summed E-state index contributed by atoms with van der Waals surface area (Å²) in [5.74, 6) is 1.23. The molecule has 1 aliphatic carbocycles. The van der Waals surface area contributed by atoms with E-state index in [1.54, 1.807) is 12.1 Å². The summed E-state index contributed by atoms with van der Waals surface area (Å²) in [7, 11) is 0. The van der Waals surface area contributed by atoms with Crippen molar-refractivity contribution in [2.75, 3.05) is 0 Å². The fourth-order valence-corrected chi connectivity index (χ4v) is 2.21. The summed E-state index contributed by atoms with van der Waals surface area (Å²) < 4.78 is 19.5. The molecule has 0 atom stereocenters. The molecular formula is C16H15FO. The van der Waals surface area contributed by atoms with Crippen molar-refractivity contribution in [1.82, 2.24) is 0 Å². The molecule has 0 saturated heterocycles. The van der Waals surface area contributed by atoms with E-state index >= 15 is 0 Å². The highest BCUT2D eigenvalue weighted by atomic mass is 19.1. The van der Waals surface area contributed by atoms with Crippen LogP contribution in [0, 0.1) is 5.82 Å². The van der Waals surface area contributed by atoms with Gasteiger partial charge in [0.25, 0.3) is 0 Å². The van der Waals surface area contributed by atoms with E-state index in [4.69, 9.17) is 4.74 Å². The summed E-state index contributed by atoms with van der Waals surface area (Å²) in [6.45, 7) is 0. The predicted molar refractivity (Wildman–Crippen MR) is 69.5 cm³/mol. The zero-order chi connectivity index (χ0) is 12.4. The fourth-order valence-electron chi connectivity index (χ4n) is 2.21. The van der Waals surface area contributed by atoms with Crippen molar-refractivity contribution in [1.29, 1.82) is 0 Å². The van der Waals surface area contributed by atoms with Crippen LogP contribution in [0.5, 0.6) is 11.5 Å². The number of halogens is 1. The highest BCUT2D eigenvalue weighted by molar-refractivity contribution is 5.35. The molecule has 92 valence electrons. The number of ether oxygens (including phenoxy) is 1. The van der Waals surface area contributed by atoms with Crippen LogP contribution in [0.1, 0.15) is 30.7 Å². The average molecular weight is 242 g/mol. The number of rotatable bonds is 3. The molecule has 1 saturated carbocycles. The van der Waals surface area contributed by atoms with E-state index in [2.05, 4.69) is 0 Å². The second-order valence-corrected chi connectivity index (χ2v) is 4.73. The van der Waals surface area contributed by atoms with Crippen molar-refractivity contribution < 1.29 is 9.13 Å². The van der Waals surface area contributed by atoms with E-state index in [9.17, 15) is 4.39 Å². The second kappa shape index (κ2) is 4.81. The van der Waals surface area contributed by atoms with Gasteiger partial charge in [-0.2, -0.15) is 0 Å². The maximum atomic E-state index is 13.9. The minimum absolute atomic E-state index is 0.275. The van der Waals surface area contributed by atoms with Gasteiger partial charge in [0.15, 0.2) is 11.6 Å². The molecule has 1 fully saturated rings. The van der Waals surface area contributed by atoms with Crippen molar-refractivity contribution in [2.24, 2.45) is 0 Å². The molecule has 0 N–H and O–H groups in total. The molecule has 2 aromatic rings. The van der Waals surface area contributed by atoms with Crippen molar-refractivity contribution in [3.63, 3.8) is 0 Å². The first-order valence-electron chi connectivity index (χ1n) is 6.35. The van der Waals surface area contributed by atoms with Crippen LogP contribution < -0.4 is 4.74 Å². The van der Waals surface area contributed by atoms with Crippen LogP contribution >= 0.6 is 0 Å². The highest BCUT2D eigenvalue weighted by Gasteiger charge is 2.20. The Balaban J connectivity index is 1.80. The first kappa shape index (κ1) is 11.3. The van der Waals surface area contributed by atoms with E-state index in [-0.39, 0.29) is 5.82 Å². The molecule has 0 unspecified atom stereocenters. The molecule has 2 heteroatoms. The van der Waals surface area contributed by atoms with Gasteiger partial charge >= 0.3 is 0 Å². The average Bonchev–Trinajstić information content (AvgIpc) is 2.32. The van der Waals surface area contributed by atoms with Gasteiger partial charge in [-0.3, -0.25) is 0 Å². The summed E-state index contributed by atoms with van der Waals surface area (Å²) in [5.41, 5.74) is 1.10. The van der Waals surface area contributed by atoms with Crippen LogP contribution in [0.2, 0.25) is 0 Å². The Morgan fingerprint density at radius 1 is 1.00 bits per heavy atom. The number of para-hydroxylation sites is 1. The van der Waals surface area contributed by atoms with Gasteiger partial charge in [0.2, 0.25) is 0 Å². The van der Waals surface area contributed by atoms with Gasteiger partial charge in [0.05, 0.1) is 0 Å². The lowest BCUT2D eigenvalue weighted by Crippen LogP contribution is -2.08. The van der Waals surface area contributed by atoms with Gasteiger partial charge in [0.1, 0.15) is 5.75 Å². The molecule has 3 rings (SSSR count). The summed E-state index contributed by atoms with van der Waals surface area (Å²) in [6.07, 6.45) is 3.62. The highest BCUT2D eigenvalue weighted by Crippen LogP contribution is 2.38. The SMILES string of the molecule is Fc1cc(C2CCC2)ccc1Oc1ccccc1. The molecule has 0 bridgehead atoms. The van der Waals surface area contributed by atoms with Crippen LogP contribution in [0.15, 0.2) is 48.5 Å². The lowest BCUT2D eigenvalue weighted by molar-refractivity contribution is 0.411. The van der Waals surface area contributed by atoms with E-state index in [0.717, 1.165) is 5.56 Å². The van der Waals surface area contributed by atoms with Crippen molar-refractivity contribution in [2.45, 2.75) is 25.2 Å². The lowest BCUT2D eigenvalue weighted by Gasteiger charge is -2.25. The fraction of sp³-hybridized carbons (Fsp3) is 0.250. The summed E-state index contributed by atoms with van der Waals surface area (Å²) in [4.78, 5) is 0. The Morgan fingerprint density at radius 2 is 1.78 bits per heavy atom. The van der Waals surface area contributed by atoms with Crippen LogP contribution in [0.4, 0.5) is 4.39 Å². The largest absolute Gasteiger partial charge is 0.454 e. The van der Waals surface area contributed by atoms with Crippen molar-refractivity contribution in [3.8, 4) is 11.5 Å². The summed E-state index contributed by atoms with van der Waals surface area (Å²) in [5, 5.41) is 0. The van der Waals surface area contributed by atoms with Crippen molar-refractivity contribution >= 4 is 0 Å². The standard InChI is InChI=1S/C16H15FO/c17-15-11-13(12-5-4-6-12)9-10-16(15)18-14-7-2-1-3-8-14/h1-3,7-12H,4-6H2. The van der Waals surface area contributed by atoms with Gasteiger partial charge in [-0.05, 0) is 48.6 Å². The molecular weight excluding hydrogens is 227 g/mol. The summed E-state index contributed by atoms with van der Waals surface area (Å²) in [6, 6.07) is 14.6. The minimum atomic E-state index is -0.275. The molecule has 1 nitrogen and oxygen atoms in total. The van der Waals surface area contributed by atoms with Crippen molar-refractivity contribution in [3.05, 3.63) is 59.9 Å². The van der Waals surface area contributed by atoms with E-state index in [1.807, 2.05) is 36.4 Å². The first-order valence-corrected chi connectivity index (χ1v) is 6.35. The maximum absolute atomic E-state index is 13.9. The third-order valence-electron chi connectivity index (χ3n) is 3.50. The van der Waals surface area contributed by atoms with Crippen LogP contribution in [-0.4, -0.2) is 0 Å². The topological polar surface area (TPSA) is 9.23 Å². The third-order valence-corrected chi connectivity index (χ3v) is 3.50. The Bertz CT molecular complexity index is 532. The van der Waals surface area contributed by atoms with Crippen LogP contribution in [0.25, 0.3) is 0 Å². The molecule has 0 amide bonds. The first-order chi connectivity index (χ1) is 8.83. The minimum Gasteiger partial charge on any atom is -0.454 e. The van der Waals surface area contributed by atoms with Gasteiger partial charge in [-0.25, -0.2) is 4.39 Å². The maximum Gasteiger partial charge on any atom is 0.166 e. The Kier molecular flexibility index (Phi) is 3.01. The second-order valence-electron chi connectivity index (χ2n) is 4.73. The molecule has 0 aliphatic heterocycles. The van der Waals surface area contributed by atoms with Gasteiger partial charge in [-0.1, -0.05) is 30.7 Å². The van der Waals surface area contributed by atoms with Crippen LogP contribution in [-0.2, 0) is 0 Å². The Hall–Kier alpha value is -1.83. The third kappa shape index (κ3) is 2.23. The number of hydrogen-bond donors (Lipinski definition) is 0. The summed E-state index contributed by atoms with van der Waals surface area (Å²) >= 11 is 0. The van der Waals surface area contributed by atoms with Gasteiger partial charge in [0, 0.05) is 0 Å². The zero-order valence-electron chi connectivity index (χ0n) is 10.1. The van der Waals surface area contributed by atoms with E-state index in [1.165, 1.54) is 19.3 Å². The molecule has 0 aromatic heterocycles. The van der Waals surface area contributed by atoms with Crippen LogP contribution in [0.3, 0.4) is 0 Å². The quantitative estimate of drug-likeness (QED) is 0.745. The zero-order valence-corrected chi connectivity index (χ0v) is 10.1. The molecule has 0 radical (unpaired) electrons. The van der Waals surface area contributed by atoms with Gasteiger partial charge in [-0.15, -0.1) is 0 Å². The molecule has 1 aliphatic rings. The van der Waals surface area contributed by atoms with Gasteiger partial charge < -0.3 is 4.74 Å². The number of hydrogen-bond acceptors (Lipinski definition) is 1. The normalized spacial score (nSPS) is 15.2. The molecule has 2 aromatic carbocycles. The molecule has 18 heavy (non-hydrogen) atoms. The van der Waals surface area contributed by atoms with E-state index < -0.39 is 0 Å². The molecule has 0 heterocycles. The Morgan fingerprint density at radius 3 is 2.39 bits per heavy atom. The lowest BCUT2D eigenvalue weighted by atomic mass is 9.80. The molecule has 0 spiro atoms. The monoisotopic (exact) mass is 242 g/mol. The predicted octanol–water partition coefficient (Wildman–Crippen LogP) is 4.89.